The number of amides is 2. The molecule has 0 unspecified atom stereocenters. The van der Waals surface area contributed by atoms with Crippen LogP contribution >= 0.6 is 11.3 Å². The van der Waals surface area contributed by atoms with Crippen LogP contribution in [-0.4, -0.2) is 44.2 Å². The largest absolute Gasteiger partial charge is 0.321 e. The Bertz CT molecular complexity index is 1030. The number of benzene rings is 1. The molecule has 4 rings (SSSR count). The van der Waals surface area contributed by atoms with Crippen molar-refractivity contribution in [1.82, 2.24) is 4.31 Å². The number of hydrogen-bond donors (Lipinski definition) is 1. The standard InChI is InChI=1S/C20H23N3O4S2/c24-18-8-5-12-23(18)16-7-4-6-15(14-16)21-20(25)19-17(9-13-28-19)29(26,27)22-10-2-1-3-11-22/h4,6-7,9,13-14H,1-3,5,8,10-12H2,(H,21,25). The van der Waals surface area contributed by atoms with Gasteiger partial charge in [-0.15, -0.1) is 11.3 Å². The molecular formula is C20H23N3O4S2. The number of carbonyl (C=O) groups is 2. The molecule has 2 aliphatic rings. The van der Waals surface area contributed by atoms with Crippen molar-refractivity contribution in [3.8, 4) is 0 Å². The van der Waals surface area contributed by atoms with Gasteiger partial charge in [0.05, 0.1) is 0 Å². The van der Waals surface area contributed by atoms with Gasteiger partial charge in [0, 0.05) is 37.4 Å². The summed E-state index contributed by atoms with van der Waals surface area (Å²) < 4.78 is 27.5. The zero-order chi connectivity index (χ0) is 20.4. The molecule has 0 atom stereocenters. The number of piperidine rings is 1. The molecule has 7 nitrogen and oxygen atoms in total. The van der Waals surface area contributed by atoms with Crippen molar-refractivity contribution in [2.24, 2.45) is 0 Å². The van der Waals surface area contributed by atoms with Crippen LogP contribution in [0.4, 0.5) is 11.4 Å². The summed E-state index contributed by atoms with van der Waals surface area (Å²) in [6, 6.07) is 8.58. The minimum atomic E-state index is -3.69. The van der Waals surface area contributed by atoms with Gasteiger partial charge in [0.25, 0.3) is 5.91 Å². The van der Waals surface area contributed by atoms with E-state index < -0.39 is 15.9 Å². The zero-order valence-electron chi connectivity index (χ0n) is 16.0. The Morgan fingerprint density at radius 1 is 1.03 bits per heavy atom. The van der Waals surface area contributed by atoms with E-state index in [1.807, 2.05) is 6.07 Å². The number of nitrogens with one attached hydrogen (secondary N) is 1. The monoisotopic (exact) mass is 433 g/mol. The van der Waals surface area contributed by atoms with Gasteiger partial charge < -0.3 is 10.2 Å². The molecule has 0 bridgehead atoms. The molecule has 1 N–H and O–H groups in total. The molecule has 0 radical (unpaired) electrons. The lowest BCUT2D eigenvalue weighted by Gasteiger charge is -2.25. The van der Waals surface area contributed by atoms with E-state index in [0.29, 0.717) is 31.7 Å². The Kier molecular flexibility index (Phi) is 5.71. The number of carbonyl (C=O) groups excluding carboxylic acids is 2. The quantitative estimate of drug-likeness (QED) is 0.784. The Hall–Kier alpha value is -2.23. The summed E-state index contributed by atoms with van der Waals surface area (Å²) >= 11 is 1.12. The molecule has 0 saturated carbocycles. The van der Waals surface area contributed by atoms with Gasteiger partial charge in [-0.2, -0.15) is 4.31 Å². The van der Waals surface area contributed by atoms with Gasteiger partial charge in [-0.3, -0.25) is 9.59 Å². The van der Waals surface area contributed by atoms with Crippen molar-refractivity contribution in [3.63, 3.8) is 0 Å². The SMILES string of the molecule is O=C(Nc1cccc(N2CCCC2=O)c1)c1sccc1S(=O)(=O)N1CCCCC1. The van der Waals surface area contributed by atoms with E-state index >= 15 is 0 Å². The van der Waals surface area contributed by atoms with Gasteiger partial charge >= 0.3 is 0 Å². The minimum absolute atomic E-state index is 0.0628. The molecule has 0 aliphatic carbocycles. The third-order valence-corrected chi connectivity index (χ3v) is 8.24. The van der Waals surface area contributed by atoms with Crippen LogP contribution in [-0.2, 0) is 14.8 Å². The Balaban J connectivity index is 1.55. The molecule has 2 saturated heterocycles. The third-order valence-electron chi connectivity index (χ3n) is 5.26. The molecule has 29 heavy (non-hydrogen) atoms. The minimum Gasteiger partial charge on any atom is -0.321 e. The first-order chi connectivity index (χ1) is 14.0. The van der Waals surface area contributed by atoms with Crippen LogP contribution in [0.3, 0.4) is 0 Å². The van der Waals surface area contributed by atoms with Crippen molar-refractivity contribution in [2.75, 3.05) is 29.9 Å². The predicted octanol–water partition coefficient (Wildman–Crippen LogP) is 3.30. The molecule has 2 fully saturated rings. The summed E-state index contributed by atoms with van der Waals surface area (Å²) in [5.74, 6) is -0.387. The number of rotatable bonds is 5. The maximum atomic E-state index is 13.0. The lowest BCUT2D eigenvalue weighted by molar-refractivity contribution is -0.117. The highest BCUT2D eigenvalue weighted by Gasteiger charge is 2.31. The van der Waals surface area contributed by atoms with Crippen LogP contribution in [0.25, 0.3) is 0 Å². The van der Waals surface area contributed by atoms with E-state index in [9.17, 15) is 18.0 Å². The Labute approximate surface area is 174 Å². The number of nitrogens with zero attached hydrogens (tertiary/aromatic N) is 2. The van der Waals surface area contributed by atoms with E-state index in [4.69, 9.17) is 0 Å². The summed E-state index contributed by atoms with van der Waals surface area (Å²) in [4.78, 5) is 26.8. The van der Waals surface area contributed by atoms with Gasteiger partial charge in [-0.1, -0.05) is 12.5 Å². The summed E-state index contributed by atoms with van der Waals surface area (Å²) in [5, 5.41) is 4.42. The first kappa shape index (κ1) is 20.1. The zero-order valence-corrected chi connectivity index (χ0v) is 17.6. The predicted molar refractivity (Wildman–Crippen MR) is 113 cm³/mol. The van der Waals surface area contributed by atoms with Crippen molar-refractivity contribution in [2.45, 2.75) is 37.0 Å². The van der Waals surface area contributed by atoms with Crippen LogP contribution < -0.4 is 10.2 Å². The molecule has 9 heteroatoms. The summed E-state index contributed by atoms with van der Waals surface area (Å²) in [7, 11) is -3.69. The van der Waals surface area contributed by atoms with E-state index in [2.05, 4.69) is 5.32 Å². The van der Waals surface area contributed by atoms with Crippen LogP contribution in [0, 0.1) is 0 Å². The molecule has 2 aliphatic heterocycles. The van der Waals surface area contributed by atoms with Crippen molar-refractivity contribution in [1.29, 1.82) is 0 Å². The van der Waals surface area contributed by atoms with E-state index in [0.717, 1.165) is 42.7 Å². The van der Waals surface area contributed by atoms with Crippen LogP contribution in [0.15, 0.2) is 40.6 Å². The Morgan fingerprint density at radius 3 is 2.55 bits per heavy atom. The fourth-order valence-corrected chi connectivity index (χ4v) is 6.58. The summed E-state index contributed by atoms with van der Waals surface area (Å²) in [6.07, 6.45) is 4.06. The average Bonchev–Trinajstić information content (AvgIpc) is 3.38. The van der Waals surface area contributed by atoms with Crippen molar-refractivity contribution >= 4 is 44.5 Å². The molecule has 2 aromatic rings. The number of anilines is 2. The molecular weight excluding hydrogens is 410 g/mol. The molecule has 3 heterocycles. The van der Waals surface area contributed by atoms with E-state index in [1.54, 1.807) is 28.5 Å². The highest BCUT2D eigenvalue weighted by molar-refractivity contribution is 7.89. The van der Waals surface area contributed by atoms with Gasteiger partial charge in [-0.05, 0) is 48.9 Å². The molecule has 1 aromatic heterocycles. The molecule has 2 amide bonds. The van der Waals surface area contributed by atoms with E-state index in [1.165, 1.54) is 10.4 Å². The lowest BCUT2D eigenvalue weighted by Crippen LogP contribution is -2.36. The normalized spacial score (nSPS) is 18.2. The second kappa shape index (κ2) is 8.25. The molecule has 154 valence electrons. The first-order valence-corrected chi connectivity index (χ1v) is 12.1. The van der Waals surface area contributed by atoms with Gasteiger partial charge in [-0.25, -0.2) is 8.42 Å². The smallest absolute Gasteiger partial charge is 0.267 e. The van der Waals surface area contributed by atoms with Crippen molar-refractivity contribution < 1.29 is 18.0 Å². The third kappa shape index (κ3) is 4.08. The van der Waals surface area contributed by atoms with Gasteiger partial charge in [0.1, 0.15) is 9.77 Å². The second-order valence-corrected chi connectivity index (χ2v) is 10.1. The topological polar surface area (TPSA) is 86.8 Å². The molecule has 0 spiro atoms. The fraction of sp³-hybridized carbons (Fsp3) is 0.400. The highest BCUT2D eigenvalue weighted by atomic mass is 32.2. The fourth-order valence-electron chi connectivity index (χ4n) is 3.77. The van der Waals surface area contributed by atoms with Crippen LogP contribution in [0.5, 0.6) is 0 Å². The first-order valence-electron chi connectivity index (χ1n) is 9.76. The molecule has 1 aromatic carbocycles. The van der Waals surface area contributed by atoms with Gasteiger partial charge in [0.15, 0.2) is 0 Å². The maximum absolute atomic E-state index is 13.0. The Morgan fingerprint density at radius 2 is 1.83 bits per heavy atom. The lowest BCUT2D eigenvalue weighted by atomic mass is 10.2. The maximum Gasteiger partial charge on any atom is 0.267 e. The number of hydrogen-bond acceptors (Lipinski definition) is 5. The number of thiophene rings is 1. The van der Waals surface area contributed by atoms with E-state index in [-0.39, 0.29) is 15.7 Å². The van der Waals surface area contributed by atoms with Gasteiger partial charge in [0.2, 0.25) is 15.9 Å². The highest BCUT2D eigenvalue weighted by Crippen LogP contribution is 2.29. The average molecular weight is 434 g/mol. The van der Waals surface area contributed by atoms with Crippen LogP contribution in [0.2, 0.25) is 0 Å². The van der Waals surface area contributed by atoms with Crippen LogP contribution in [0.1, 0.15) is 41.8 Å². The second-order valence-electron chi connectivity index (χ2n) is 7.23. The summed E-state index contributed by atoms with van der Waals surface area (Å²) in [5.41, 5.74) is 1.26. The summed E-state index contributed by atoms with van der Waals surface area (Å²) in [6.45, 7) is 1.65. The van der Waals surface area contributed by atoms with Crippen molar-refractivity contribution in [3.05, 3.63) is 40.6 Å². The number of sulfonamides is 1.